The fourth-order valence-electron chi connectivity index (χ4n) is 3.61. The van der Waals surface area contributed by atoms with E-state index in [9.17, 15) is 19.2 Å². The molecule has 0 aliphatic carbocycles. The molecule has 0 spiro atoms. The van der Waals surface area contributed by atoms with E-state index >= 15 is 0 Å². The zero-order valence-corrected chi connectivity index (χ0v) is 17.1. The molecular weight excluding hydrogens is 416 g/mol. The summed E-state index contributed by atoms with van der Waals surface area (Å²) < 4.78 is 17.0. The van der Waals surface area contributed by atoms with Gasteiger partial charge >= 0.3 is 18.0 Å². The number of imide groups is 1. The Morgan fingerprint density at radius 3 is 2.22 bits per heavy atom. The first kappa shape index (κ1) is 21.5. The molecule has 1 N–H and O–H groups in total. The van der Waals surface area contributed by atoms with Crippen molar-refractivity contribution < 1.29 is 33.4 Å². The molecule has 0 aromatic heterocycles. The molecule has 2 aromatic carbocycles. The molecule has 4 rings (SSSR count). The van der Waals surface area contributed by atoms with Crippen LogP contribution in [0.1, 0.15) is 33.6 Å². The van der Waals surface area contributed by atoms with E-state index in [1.807, 2.05) is 0 Å². The summed E-state index contributed by atoms with van der Waals surface area (Å²) >= 11 is 0. The maximum absolute atomic E-state index is 12.6. The topological polar surface area (TPSA) is 111 Å². The Morgan fingerprint density at radius 2 is 1.59 bits per heavy atom. The molecule has 0 saturated carbocycles. The van der Waals surface area contributed by atoms with Crippen LogP contribution in [0.5, 0.6) is 0 Å². The minimum atomic E-state index is -0.772. The number of carbonyl (C=O) groups excluding carboxylic acids is 4. The zero-order chi connectivity index (χ0) is 22.5. The minimum Gasteiger partial charge on any atom is -0.459 e. The van der Waals surface area contributed by atoms with Gasteiger partial charge in [0.2, 0.25) is 5.91 Å². The van der Waals surface area contributed by atoms with E-state index in [4.69, 9.17) is 14.2 Å². The van der Waals surface area contributed by atoms with Crippen molar-refractivity contribution in [3.63, 3.8) is 0 Å². The van der Waals surface area contributed by atoms with Crippen LogP contribution in [-0.4, -0.2) is 60.4 Å². The molecule has 3 atom stereocenters. The summed E-state index contributed by atoms with van der Waals surface area (Å²) in [6.07, 6.45) is -1.91. The lowest BCUT2D eigenvalue weighted by atomic mass is 10.1. The minimum absolute atomic E-state index is 0.147. The smallest absolute Gasteiger partial charge is 0.338 e. The summed E-state index contributed by atoms with van der Waals surface area (Å²) in [6.45, 7) is 0.0244. The van der Waals surface area contributed by atoms with E-state index in [0.717, 1.165) is 0 Å². The standard InChI is InChI=1S/C23H22N2O7/c26-19-11-12-25(23(29)24-19)20-13-17(32-22(28)16-9-5-2-6-10-16)18(31-20)14-30-21(27)15-7-3-1-4-8-15/h1-10,17-18,20H,11-14H2,(H,24,26,29). The van der Waals surface area contributed by atoms with E-state index in [1.54, 1.807) is 60.7 Å². The monoisotopic (exact) mass is 438 g/mol. The van der Waals surface area contributed by atoms with Gasteiger partial charge < -0.3 is 14.2 Å². The van der Waals surface area contributed by atoms with Crippen LogP contribution < -0.4 is 5.32 Å². The normalized spacial score (nSPS) is 22.9. The SMILES string of the molecule is O=C1CCN(C2CC(OC(=O)c3ccccc3)C(COC(=O)c3ccccc3)O2)C(=O)N1. The third-order valence-electron chi connectivity index (χ3n) is 5.27. The van der Waals surface area contributed by atoms with Crippen molar-refractivity contribution in [2.45, 2.75) is 31.3 Å². The van der Waals surface area contributed by atoms with Crippen LogP contribution in [0.25, 0.3) is 0 Å². The van der Waals surface area contributed by atoms with Gasteiger partial charge in [-0.3, -0.25) is 15.0 Å². The van der Waals surface area contributed by atoms with Gasteiger partial charge in [-0.15, -0.1) is 0 Å². The predicted molar refractivity (Wildman–Crippen MR) is 111 cm³/mol. The summed E-state index contributed by atoms with van der Waals surface area (Å²) in [7, 11) is 0. The fraction of sp³-hybridized carbons (Fsp3) is 0.304. The summed E-state index contributed by atoms with van der Waals surface area (Å²) in [5.74, 6) is -1.44. The van der Waals surface area contributed by atoms with Crippen molar-refractivity contribution >= 4 is 23.9 Å². The van der Waals surface area contributed by atoms with E-state index in [0.29, 0.717) is 11.1 Å². The maximum Gasteiger partial charge on any atom is 0.338 e. The molecule has 2 fully saturated rings. The molecule has 2 aromatic rings. The van der Waals surface area contributed by atoms with Crippen molar-refractivity contribution in [2.75, 3.05) is 13.2 Å². The fourth-order valence-corrected chi connectivity index (χ4v) is 3.61. The first-order valence-corrected chi connectivity index (χ1v) is 10.3. The van der Waals surface area contributed by atoms with Crippen molar-refractivity contribution in [3.8, 4) is 0 Å². The van der Waals surface area contributed by atoms with Crippen LogP contribution in [0.4, 0.5) is 4.79 Å². The highest BCUT2D eigenvalue weighted by Gasteiger charge is 2.44. The Hall–Kier alpha value is -3.72. The molecule has 2 aliphatic heterocycles. The lowest BCUT2D eigenvalue weighted by Gasteiger charge is -2.31. The van der Waals surface area contributed by atoms with Crippen molar-refractivity contribution in [1.82, 2.24) is 10.2 Å². The number of ether oxygens (including phenoxy) is 3. The zero-order valence-electron chi connectivity index (χ0n) is 17.1. The molecule has 32 heavy (non-hydrogen) atoms. The predicted octanol–water partition coefficient (Wildman–Crippen LogP) is 2.13. The Morgan fingerprint density at radius 1 is 0.969 bits per heavy atom. The summed E-state index contributed by atoms with van der Waals surface area (Å²) in [5.41, 5.74) is 0.756. The van der Waals surface area contributed by atoms with Crippen LogP contribution >= 0.6 is 0 Å². The number of benzene rings is 2. The molecular formula is C23H22N2O7. The van der Waals surface area contributed by atoms with Crippen LogP contribution in [-0.2, 0) is 19.0 Å². The highest BCUT2D eigenvalue weighted by molar-refractivity contribution is 5.96. The number of hydrogen-bond acceptors (Lipinski definition) is 7. The van der Waals surface area contributed by atoms with E-state index in [-0.39, 0.29) is 31.9 Å². The lowest BCUT2D eigenvalue weighted by molar-refractivity contribution is -0.124. The molecule has 3 amide bonds. The first-order valence-electron chi connectivity index (χ1n) is 10.3. The van der Waals surface area contributed by atoms with Gasteiger partial charge in [-0.1, -0.05) is 36.4 Å². The van der Waals surface area contributed by atoms with E-state index < -0.39 is 36.4 Å². The largest absolute Gasteiger partial charge is 0.459 e. The third-order valence-corrected chi connectivity index (χ3v) is 5.27. The van der Waals surface area contributed by atoms with E-state index in [2.05, 4.69) is 5.32 Å². The molecule has 0 radical (unpaired) electrons. The summed E-state index contributed by atoms with van der Waals surface area (Å²) in [5, 5.41) is 2.25. The van der Waals surface area contributed by atoms with Crippen molar-refractivity contribution in [3.05, 3.63) is 71.8 Å². The first-order chi connectivity index (χ1) is 15.5. The van der Waals surface area contributed by atoms with Gasteiger partial charge in [0, 0.05) is 19.4 Å². The average Bonchev–Trinajstić information content (AvgIpc) is 3.20. The Kier molecular flexibility index (Phi) is 6.46. The Balaban J connectivity index is 1.45. The number of amides is 3. The molecule has 2 saturated heterocycles. The lowest BCUT2D eigenvalue weighted by Crippen LogP contribution is -2.53. The van der Waals surface area contributed by atoms with Crippen molar-refractivity contribution in [1.29, 1.82) is 0 Å². The number of rotatable bonds is 6. The second-order valence-corrected chi connectivity index (χ2v) is 7.44. The molecule has 0 bridgehead atoms. The number of esters is 2. The van der Waals surface area contributed by atoms with Crippen LogP contribution in [0, 0.1) is 0 Å². The molecule has 9 nitrogen and oxygen atoms in total. The molecule has 166 valence electrons. The Bertz CT molecular complexity index is 996. The van der Waals surface area contributed by atoms with Crippen LogP contribution in [0.3, 0.4) is 0 Å². The molecule has 9 heteroatoms. The molecule has 2 heterocycles. The van der Waals surface area contributed by atoms with Gasteiger partial charge in [0.15, 0.2) is 0 Å². The number of hydrogen-bond donors (Lipinski definition) is 1. The highest BCUT2D eigenvalue weighted by atomic mass is 16.6. The summed E-state index contributed by atoms with van der Waals surface area (Å²) in [6, 6.07) is 16.4. The number of carbonyl (C=O) groups is 4. The van der Waals surface area contributed by atoms with Crippen molar-refractivity contribution in [2.24, 2.45) is 0 Å². The van der Waals surface area contributed by atoms with Crippen LogP contribution in [0.2, 0.25) is 0 Å². The van der Waals surface area contributed by atoms with Gasteiger partial charge in [0.05, 0.1) is 11.1 Å². The third kappa shape index (κ3) is 4.94. The van der Waals surface area contributed by atoms with E-state index in [1.165, 1.54) is 4.90 Å². The molecule has 2 aliphatic rings. The van der Waals surface area contributed by atoms with Gasteiger partial charge in [-0.2, -0.15) is 0 Å². The second kappa shape index (κ2) is 9.61. The highest BCUT2D eigenvalue weighted by Crippen LogP contribution is 2.28. The number of nitrogens with zero attached hydrogens (tertiary/aromatic N) is 1. The quantitative estimate of drug-likeness (QED) is 0.688. The number of nitrogens with one attached hydrogen (secondary N) is 1. The van der Waals surface area contributed by atoms with Crippen LogP contribution in [0.15, 0.2) is 60.7 Å². The summed E-state index contributed by atoms with van der Waals surface area (Å²) in [4.78, 5) is 49.9. The van der Waals surface area contributed by atoms with Gasteiger partial charge in [0.1, 0.15) is 25.0 Å². The van der Waals surface area contributed by atoms with Gasteiger partial charge in [0.25, 0.3) is 0 Å². The number of urea groups is 1. The second-order valence-electron chi connectivity index (χ2n) is 7.44. The average molecular weight is 438 g/mol. The molecule has 3 unspecified atom stereocenters. The van der Waals surface area contributed by atoms with Gasteiger partial charge in [-0.25, -0.2) is 14.4 Å². The maximum atomic E-state index is 12.6. The van der Waals surface area contributed by atoms with Gasteiger partial charge in [-0.05, 0) is 24.3 Å². The Labute approximate surface area is 184 Å².